The predicted molar refractivity (Wildman–Crippen MR) is 78.1 cm³/mol. The summed E-state index contributed by atoms with van der Waals surface area (Å²) in [6.45, 7) is 3.60. The highest BCUT2D eigenvalue weighted by atomic mass is 32.1. The number of benzene rings is 1. The highest BCUT2D eigenvalue weighted by Crippen LogP contribution is 2.32. The minimum atomic E-state index is 0.0996. The lowest BCUT2D eigenvalue weighted by Gasteiger charge is -2.14. The normalized spacial score (nSPS) is 18.8. The summed E-state index contributed by atoms with van der Waals surface area (Å²) in [6.07, 6.45) is 2.84. The van der Waals surface area contributed by atoms with Gasteiger partial charge in [-0.15, -0.1) is 0 Å². The molecule has 0 amide bonds. The summed E-state index contributed by atoms with van der Waals surface area (Å²) in [5, 5.41) is 0.976. The van der Waals surface area contributed by atoms with E-state index in [9.17, 15) is 4.79 Å². The van der Waals surface area contributed by atoms with Crippen molar-refractivity contribution in [2.24, 2.45) is 0 Å². The Morgan fingerprint density at radius 3 is 2.84 bits per heavy atom. The number of thiazole rings is 1. The first-order valence-electron chi connectivity index (χ1n) is 6.50. The van der Waals surface area contributed by atoms with Gasteiger partial charge < -0.3 is 4.90 Å². The van der Waals surface area contributed by atoms with E-state index in [4.69, 9.17) is 0 Å². The smallest absolute Gasteiger partial charge is 0.185 e. The van der Waals surface area contributed by atoms with E-state index in [1.165, 1.54) is 16.9 Å². The number of hydrogen-bond acceptors (Lipinski definition) is 4. The second-order valence-electron chi connectivity index (χ2n) is 4.91. The monoisotopic (exact) mass is 272 g/mol. The highest BCUT2D eigenvalue weighted by Gasteiger charge is 2.25. The average Bonchev–Trinajstić information content (AvgIpc) is 3.09. The molecule has 2 heterocycles. The molecule has 1 aromatic carbocycles. The molecule has 0 aliphatic carbocycles. The van der Waals surface area contributed by atoms with Gasteiger partial charge in [0.1, 0.15) is 0 Å². The van der Waals surface area contributed by atoms with Crippen molar-refractivity contribution in [1.29, 1.82) is 0 Å². The van der Waals surface area contributed by atoms with E-state index < -0.39 is 0 Å². The quantitative estimate of drug-likeness (QED) is 0.803. The van der Waals surface area contributed by atoms with Crippen LogP contribution >= 0.6 is 11.3 Å². The molecule has 0 bridgehead atoms. The maximum absolute atomic E-state index is 11.3. The Balaban J connectivity index is 1.73. The lowest BCUT2D eigenvalue weighted by molar-refractivity contribution is 0.102. The van der Waals surface area contributed by atoms with Gasteiger partial charge in [-0.2, -0.15) is 0 Å². The molecule has 98 valence electrons. The van der Waals surface area contributed by atoms with E-state index in [0.717, 1.165) is 29.5 Å². The molecule has 1 aliphatic rings. The Morgan fingerprint density at radius 1 is 1.37 bits per heavy atom. The van der Waals surface area contributed by atoms with Gasteiger partial charge in [0.05, 0.1) is 11.1 Å². The average molecular weight is 272 g/mol. The van der Waals surface area contributed by atoms with Gasteiger partial charge in [0, 0.05) is 25.9 Å². The summed E-state index contributed by atoms with van der Waals surface area (Å²) in [6, 6.07) is 10.6. The topological polar surface area (TPSA) is 33.2 Å². The zero-order chi connectivity index (χ0) is 13.2. The molecule has 0 saturated carbocycles. The number of nitrogens with zero attached hydrogens (tertiary/aromatic N) is 2. The van der Waals surface area contributed by atoms with E-state index >= 15 is 0 Å². The molecular weight excluding hydrogens is 256 g/mol. The number of carbonyl (C=O) groups excluding carboxylic acids is 1. The largest absolute Gasteiger partial charge is 0.347 e. The Kier molecular flexibility index (Phi) is 3.34. The summed E-state index contributed by atoms with van der Waals surface area (Å²) >= 11 is 1.50. The van der Waals surface area contributed by atoms with E-state index in [1.54, 1.807) is 13.1 Å². The fourth-order valence-electron chi connectivity index (χ4n) is 2.51. The van der Waals surface area contributed by atoms with Crippen LogP contribution in [0.3, 0.4) is 0 Å². The third-order valence-electron chi connectivity index (χ3n) is 3.57. The molecule has 19 heavy (non-hydrogen) atoms. The highest BCUT2D eigenvalue weighted by molar-refractivity contribution is 7.17. The van der Waals surface area contributed by atoms with Crippen LogP contribution in [0.2, 0.25) is 0 Å². The summed E-state index contributed by atoms with van der Waals surface area (Å²) in [5.41, 5.74) is 1.40. The van der Waals surface area contributed by atoms with E-state index in [2.05, 4.69) is 40.2 Å². The Morgan fingerprint density at radius 2 is 2.16 bits per heavy atom. The van der Waals surface area contributed by atoms with Crippen molar-refractivity contribution in [3.05, 3.63) is 47.0 Å². The number of ketones is 1. The van der Waals surface area contributed by atoms with Crippen LogP contribution in [0.15, 0.2) is 36.5 Å². The van der Waals surface area contributed by atoms with Crippen LogP contribution in [-0.4, -0.2) is 23.9 Å². The third kappa shape index (κ3) is 2.54. The van der Waals surface area contributed by atoms with Crippen molar-refractivity contribution < 1.29 is 4.79 Å². The molecule has 0 spiro atoms. The second-order valence-corrected chi connectivity index (χ2v) is 5.91. The molecule has 1 fully saturated rings. The second kappa shape index (κ2) is 5.13. The molecule has 2 aromatic rings. The minimum absolute atomic E-state index is 0.0996. The Bertz CT molecular complexity index is 579. The van der Waals surface area contributed by atoms with Gasteiger partial charge in [0.15, 0.2) is 10.9 Å². The van der Waals surface area contributed by atoms with Gasteiger partial charge in [-0.25, -0.2) is 4.98 Å². The van der Waals surface area contributed by atoms with Crippen LogP contribution in [0.4, 0.5) is 5.13 Å². The Hall–Kier alpha value is -1.68. The maximum atomic E-state index is 11.3. The number of rotatable bonds is 3. The lowest BCUT2D eigenvalue weighted by atomic mass is 9.99. The van der Waals surface area contributed by atoms with Crippen molar-refractivity contribution in [2.45, 2.75) is 19.3 Å². The van der Waals surface area contributed by atoms with Gasteiger partial charge in [0.25, 0.3) is 0 Å². The maximum Gasteiger partial charge on any atom is 0.185 e. The number of hydrogen-bond donors (Lipinski definition) is 0. The fraction of sp³-hybridized carbons (Fsp3) is 0.333. The lowest BCUT2D eigenvalue weighted by Crippen LogP contribution is -2.18. The van der Waals surface area contributed by atoms with Crippen LogP contribution in [0.25, 0.3) is 0 Å². The van der Waals surface area contributed by atoms with Crippen molar-refractivity contribution in [3.8, 4) is 0 Å². The number of Topliss-reactive ketones (excluding diaryl/α,β-unsaturated/α-hetero) is 1. The zero-order valence-electron chi connectivity index (χ0n) is 10.9. The molecule has 0 radical (unpaired) electrons. The van der Waals surface area contributed by atoms with Crippen molar-refractivity contribution in [1.82, 2.24) is 4.98 Å². The molecule has 1 aromatic heterocycles. The van der Waals surface area contributed by atoms with Crippen LogP contribution < -0.4 is 4.90 Å². The van der Waals surface area contributed by atoms with E-state index in [1.807, 2.05) is 0 Å². The third-order valence-corrected chi connectivity index (χ3v) is 4.73. The molecule has 3 rings (SSSR count). The van der Waals surface area contributed by atoms with Crippen LogP contribution in [-0.2, 0) is 0 Å². The molecule has 0 N–H and O–H groups in total. The van der Waals surface area contributed by atoms with Crippen LogP contribution in [0.5, 0.6) is 0 Å². The molecule has 1 aliphatic heterocycles. The first-order chi connectivity index (χ1) is 9.24. The summed E-state index contributed by atoms with van der Waals surface area (Å²) < 4.78 is 0. The summed E-state index contributed by atoms with van der Waals surface area (Å²) in [5.74, 6) is 0.674. The molecule has 1 unspecified atom stereocenters. The zero-order valence-corrected chi connectivity index (χ0v) is 11.7. The molecule has 4 heteroatoms. The SMILES string of the molecule is CC(=O)c1cnc(N2CCC(c3ccccc3)C2)s1. The van der Waals surface area contributed by atoms with Crippen molar-refractivity contribution in [2.75, 3.05) is 18.0 Å². The van der Waals surface area contributed by atoms with Crippen LogP contribution in [0.1, 0.15) is 34.5 Å². The minimum Gasteiger partial charge on any atom is -0.347 e. The Labute approximate surface area is 116 Å². The first-order valence-corrected chi connectivity index (χ1v) is 7.32. The molecular formula is C15H16N2OS. The number of anilines is 1. The fourth-order valence-corrected chi connectivity index (χ4v) is 3.35. The molecule has 3 nitrogen and oxygen atoms in total. The summed E-state index contributed by atoms with van der Waals surface area (Å²) in [4.78, 5) is 18.7. The first kappa shape index (κ1) is 12.4. The van der Waals surface area contributed by atoms with E-state index in [0.29, 0.717) is 5.92 Å². The predicted octanol–water partition coefficient (Wildman–Crippen LogP) is 3.34. The van der Waals surface area contributed by atoms with Crippen molar-refractivity contribution >= 4 is 22.3 Å². The molecule has 1 atom stereocenters. The van der Waals surface area contributed by atoms with E-state index in [-0.39, 0.29) is 5.78 Å². The number of carbonyl (C=O) groups is 1. The number of aromatic nitrogens is 1. The van der Waals surface area contributed by atoms with Gasteiger partial charge >= 0.3 is 0 Å². The standard InChI is InChI=1S/C15H16N2OS/c1-11(18)14-9-16-15(19-14)17-8-7-13(10-17)12-5-3-2-4-6-12/h2-6,9,13H,7-8,10H2,1H3. The molecule has 1 saturated heterocycles. The van der Waals surface area contributed by atoms with Gasteiger partial charge in [0.2, 0.25) is 0 Å². The van der Waals surface area contributed by atoms with Gasteiger partial charge in [-0.05, 0) is 12.0 Å². The van der Waals surface area contributed by atoms with Crippen LogP contribution in [0, 0.1) is 0 Å². The van der Waals surface area contributed by atoms with Gasteiger partial charge in [-0.1, -0.05) is 41.7 Å². The van der Waals surface area contributed by atoms with Gasteiger partial charge in [-0.3, -0.25) is 4.79 Å². The van der Waals surface area contributed by atoms with Crippen molar-refractivity contribution in [3.63, 3.8) is 0 Å². The summed E-state index contributed by atoms with van der Waals surface area (Å²) in [7, 11) is 0.